The normalized spacial score (nSPS) is 9.93. The van der Waals surface area contributed by atoms with Crippen molar-refractivity contribution < 1.29 is 33.5 Å². The number of amides is 2. The van der Waals surface area contributed by atoms with Crippen LogP contribution in [-0.2, 0) is 0 Å². The molecule has 0 spiro atoms. The molecule has 0 saturated heterocycles. The van der Waals surface area contributed by atoms with Crippen molar-refractivity contribution in [3.63, 3.8) is 0 Å². The first-order chi connectivity index (χ1) is 13.9. The number of carbonyl (C=O) groups excluding carboxylic acids is 2. The average molecular weight is 405 g/mol. The standard InChI is InChI=1S/C18H19N3O8/c1-26-11-7-5-10(6-8-11)17(22)19-20-18(23)12-9-13(27-2)15(28-3)16(29-4)14(12)21(24)25/h5-9H,1-4H3,(H,19,22)(H,20,23). The second-order valence-corrected chi connectivity index (χ2v) is 5.44. The third-order valence-corrected chi connectivity index (χ3v) is 3.87. The van der Waals surface area contributed by atoms with Crippen molar-refractivity contribution in [3.05, 3.63) is 51.6 Å². The molecule has 2 aromatic carbocycles. The van der Waals surface area contributed by atoms with Gasteiger partial charge in [-0.1, -0.05) is 0 Å². The molecule has 0 unspecified atom stereocenters. The van der Waals surface area contributed by atoms with Crippen LogP contribution in [0.2, 0.25) is 0 Å². The summed E-state index contributed by atoms with van der Waals surface area (Å²) in [4.78, 5) is 35.5. The second-order valence-electron chi connectivity index (χ2n) is 5.44. The van der Waals surface area contributed by atoms with Crippen molar-refractivity contribution in [1.82, 2.24) is 10.9 Å². The Kier molecular flexibility index (Phi) is 6.80. The van der Waals surface area contributed by atoms with Crippen LogP contribution in [0.25, 0.3) is 0 Å². The molecule has 0 aliphatic rings. The van der Waals surface area contributed by atoms with Gasteiger partial charge >= 0.3 is 5.69 Å². The Bertz CT molecular complexity index is 928. The fourth-order valence-corrected chi connectivity index (χ4v) is 2.49. The van der Waals surface area contributed by atoms with Crippen LogP contribution in [0.3, 0.4) is 0 Å². The molecule has 0 aromatic heterocycles. The van der Waals surface area contributed by atoms with E-state index in [-0.39, 0.29) is 28.4 Å². The van der Waals surface area contributed by atoms with Crippen molar-refractivity contribution in [1.29, 1.82) is 0 Å². The maximum Gasteiger partial charge on any atom is 0.327 e. The fraction of sp³-hybridized carbons (Fsp3) is 0.222. The highest BCUT2D eigenvalue weighted by molar-refractivity contribution is 6.02. The van der Waals surface area contributed by atoms with Crippen LogP contribution in [0.4, 0.5) is 5.69 Å². The summed E-state index contributed by atoms with van der Waals surface area (Å²) >= 11 is 0. The van der Waals surface area contributed by atoms with E-state index in [0.29, 0.717) is 5.75 Å². The number of hydrogen-bond acceptors (Lipinski definition) is 8. The van der Waals surface area contributed by atoms with Crippen LogP contribution >= 0.6 is 0 Å². The highest BCUT2D eigenvalue weighted by Gasteiger charge is 2.32. The van der Waals surface area contributed by atoms with Gasteiger partial charge < -0.3 is 18.9 Å². The molecular weight excluding hydrogens is 386 g/mol. The van der Waals surface area contributed by atoms with Crippen molar-refractivity contribution in [3.8, 4) is 23.0 Å². The molecule has 0 fully saturated rings. The van der Waals surface area contributed by atoms with Crippen LogP contribution in [-0.4, -0.2) is 45.2 Å². The fourth-order valence-electron chi connectivity index (χ4n) is 2.49. The Morgan fingerprint density at radius 2 is 1.45 bits per heavy atom. The summed E-state index contributed by atoms with van der Waals surface area (Å²) < 4.78 is 20.3. The van der Waals surface area contributed by atoms with E-state index in [9.17, 15) is 19.7 Å². The zero-order valence-electron chi connectivity index (χ0n) is 16.1. The van der Waals surface area contributed by atoms with Gasteiger partial charge in [-0.3, -0.25) is 30.6 Å². The lowest BCUT2D eigenvalue weighted by Crippen LogP contribution is -2.41. The molecule has 2 rings (SSSR count). The van der Waals surface area contributed by atoms with Gasteiger partial charge in [-0.25, -0.2) is 0 Å². The van der Waals surface area contributed by atoms with Gasteiger partial charge in [0.25, 0.3) is 11.8 Å². The molecule has 0 saturated carbocycles. The van der Waals surface area contributed by atoms with Crippen LogP contribution in [0.5, 0.6) is 23.0 Å². The van der Waals surface area contributed by atoms with Gasteiger partial charge in [-0.05, 0) is 24.3 Å². The molecule has 29 heavy (non-hydrogen) atoms. The lowest BCUT2D eigenvalue weighted by molar-refractivity contribution is -0.386. The van der Waals surface area contributed by atoms with E-state index in [2.05, 4.69) is 10.9 Å². The van der Waals surface area contributed by atoms with E-state index in [0.717, 1.165) is 6.07 Å². The monoisotopic (exact) mass is 405 g/mol. The SMILES string of the molecule is COc1ccc(C(=O)NNC(=O)c2cc(OC)c(OC)c(OC)c2[N+](=O)[O-])cc1. The van der Waals surface area contributed by atoms with Crippen molar-refractivity contribution in [2.24, 2.45) is 0 Å². The van der Waals surface area contributed by atoms with E-state index in [4.69, 9.17) is 18.9 Å². The van der Waals surface area contributed by atoms with E-state index in [1.165, 1.54) is 40.6 Å². The Hall–Kier alpha value is -4.02. The minimum Gasteiger partial charge on any atom is -0.497 e. The molecule has 11 nitrogen and oxygen atoms in total. The first-order valence-corrected chi connectivity index (χ1v) is 8.10. The summed E-state index contributed by atoms with van der Waals surface area (Å²) in [6.07, 6.45) is 0. The van der Waals surface area contributed by atoms with E-state index in [1.807, 2.05) is 0 Å². The maximum atomic E-state index is 12.5. The van der Waals surface area contributed by atoms with Crippen molar-refractivity contribution >= 4 is 17.5 Å². The zero-order valence-corrected chi connectivity index (χ0v) is 16.1. The van der Waals surface area contributed by atoms with E-state index >= 15 is 0 Å². The lowest BCUT2D eigenvalue weighted by Gasteiger charge is -2.15. The number of nitrogens with zero attached hydrogens (tertiary/aromatic N) is 1. The summed E-state index contributed by atoms with van der Waals surface area (Å²) in [5.41, 5.74) is 3.54. The molecule has 2 aromatic rings. The second kappa shape index (κ2) is 9.26. The third-order valence-electron chi connectivity index (χ3n) is 3.87. The molecule has 0 radical (unpaired) electrons. The first-order valence-electron chi connectivity index (χ1n) is 8.10. The molecule has 2 N–H and O–H groups in total. The Morgan fingerprint density at radius 3 is 1.93 bits per heavy atom. The van der Waals surface area contributed by atoms with Gasteiger partial charge in [0.15, 0.2) is 5.75 Å². The van der Waals surface area contributed by atoms with Crippen molar-refractivity contribution in [2.45, 2.75) is 0 Å². The number of hydrogen-bond donors (Lipinski definition) is 2. The van der Waals surface area contributed by atoms with Gasteiger partial charge in [0.05, 0.1) is 33.4 Å². The minimum absolute atomic E-state index is 0.0412. The number of nitro groups is 1. The zero-order chi connectivity index (χ0) is 21.6. The van der Waals surface area contributed by atoms with Gasteiger partial charge in [-0.2, -0.15) is 0 Å². The Morgan fingerprint density at radius 1 is 0.862 bits per heavy atom. The third kappa shape index (κ3) is 4.46. The minimum atomic E-state index is -0.946. The number of carbonyl (C=O) groups is 2. The number of ether oxygens (including phenoxy) is 4. The molecule has 0 aliphatic heterocycles. The lowest BCUT2D eigenvalue weighted by atomic mass is 10.1. The van der Waals surface area contributed by atoms with E-state index in [1.54, 1.807) is 12.1 Å². The Balaban J connectivity index is 2.31. The van der Waals surface area contributed by atoms with Crippen LogP contribution in [0.1, 0.15) is 20.7 Å². The van der Waals surface area contributed by atoms with Gasteiger partial charge in [0.1, 0.15) is 11.3 Å². The molecule has 0 aliphatic carbocycles. The topological polar surface area (TPSA) is 138 Å². The van der Waals surface area contributed by atoms with Gasteiger partial charge in [0.2, 0.25) is 11.5 Å². The number of benzene rings is 2. The molecule has 0 heterocycles. The molecule has 0 atom stereocenters. The summed E-state index contributed by atoms with van der Waals surface area (Å²) in [5, 5.41) is 11.5. The number of methoxy groups -OCH3 is 4. The predicted molar refractivity (Wildman–Crippen MR) is 101 cm³/mol. The van der Waals surface area contributed by atoms with E-state index < -0.39 is 22.4 Å². The first kappa shape index (κ1) is 21.3. The van der Waals surface area contributed by atoms with Gasteiger partial charge in [0, 0.05) is 11.6 Å². The smallest absolute Gasteiger partial charge is 0.327 e. The number of hydrazine groups is 1. The number of nitro benzene ring substituents is 1. The summed E-state index contributed by atoms with van der Waals surface area (Å²) in [5.74, 6) is -1.31. The largest absolute Gasteiger partial charge is 0.497 e. The summed E-state index contributed by atoms with van der Waals surface area (Å²) in [6.45, 7) is 0. The number of rotatable bonds is 7. The molecule has 11 heteroatoms. The highest BCUT2D eigenvalue weighted by Crippen LogP contribution is 2.46. The predicted octanol–water partition coefficient (Wildman–Crippen LogP) is 1.70. The number of nitrogens with one attached hydrogen (secondary N) is 2. The molecular formula is C18H19N3O8. The van der Waals surface area contributed by atoms with Crippen LogP contribution in [0.15, 0.2) is 30.3 Å². The average Bonchev–Trinajstić information content (AvgIpc) is 2.75. The van der Waals surface area contributed by atoms with Crippen molar-refractivity contribution in [2.75, 3.05) is 28.4 Å². The summed E-state index contributed by atoms with van der Waals surface area (Å²) in [7, 11) is 5.26. The molecule has 0 bridgehead atoms. The summed E-state index contributed by atoms with van der Waals surface area (Å²) in [6, 6.07) is 7.24. The molecule has 154 valence electrons. The van der Waals surface area contributed by atoms with Gasteiger partial charge in [-0.15, -0.1) is 0 Å². The Labute approximate surface area is 165 Å². The maximum absolute atomic E-state index is 12.5. The van der Waals surface area contributed by atoms with Crippen LogP contribution in [0, 0.1) is 10.1 Å². The highest BCUT2D eigenvalue weighted by atomic mass is 16.6. The molecule has 2 amide bonds. The van der Waals surface area contributed by atoms with Crippen LogP contribution < -0.4 is 29.8 Å². The quantitative estimate of drug-likeness (QED) is 0.524.